The van der Waals surface area contributed by atoms with Gasteiger partial charge in [0.2, 0.25) is 0 Å². The molecule has 0 heterocycles. The monoisotopic (exact) mass is 242 g/mol. The molecule has 17 heavy (non-hydrogen) atoms. The zero-order valence-electron chi connectivity index (χ0n) is 12.3. The fraction of sp³-hybridized carbons (Fsp3) is 0.933. The first-order valence-corrected chi connectivity index (χ1v) is 7.21. The lowest BCUT2D eigenvalue weighted by molar-refractivity contribution is -0.153. The van der Waals surface area contributed by atoms with Crippen LogP contribution >= 0.6 is 0 Å². The molecule has 0 N–H and O–H groups in total. The number of carbonyl (C=O) groups excluding carboxylic acids is 1. The lowest BCUT2D eigenvalue weighted by Crippen LogP contribution is -2.21. The van der Waals surface area contributed by atoms with Crippen molar-refractivity contribution in [3.8, 4) is 0 Å². The first-order valence-electron chi connectivity index (χ1n) is 7.21. The second kappa shape index (κ2) is 9.49. The summed E-state index contributed by atoms with van der Waals surface area (Å²) in [5.41, 5.74) is 0. The minimum absolute atomic E-state index is 0.00519. The third-order valence-electron chi connectivity index (χ3n) is 2.81. The van der Waals surface area contributed by atoms with Crippen LogP contribution < -0.4 is 0 Å². The Hall–Kier alpha value is -0.530. The van der Waals surface area contributed by atoms with Gasteiger partial charge in [0.1, 0.15) is 6.10 Å². The van der Waals surface area contributed by atoms with E-state index in [0.717, 1.165) is 19.3 Å². The Kier molecular flexibility index (Phi) is 9.20. The largest absolute Gasteiger partial charge is 0.462 e. The molecule has 1 aliphatic rings. The predicted molar refractivity (Wildman–Crippen MR) is 72.9 cm³/mol. The van der Waals surface area contributed by atoms with Gasteiger partial charge in [-0.3, -0.25) is 4.79 Å². The molecular formula is C15H30O2. The molecule has 2 nitrogen and oxygen atoms in total. The smallest absolute Gasteiger partial charge is 0.308 e. The summed E-state index contributed by atoms with van der Waals surface area (Å²) in [4.78, 5) is 11.6. The number of rotatable bonds is 4. The Morgan fingerprint density at radius 3 is 2.06 bits per heavy atom. The van der Waals surface area contributed by atoms with Crippen molar-refractivity contribution in [2.45, 2.75) is 79.2 Å². The van der Waals surface area contributed by atoms with Crippen molar-refractivity contribution in [3.63, 3.8) is 0 Å². The van der Waals surface area contributed by atoms with E-state index in [9.17, 15) is 4.79 Å². The Labute approximate surface area is 107 Å². The molecule has 0 aromatic rings. The predicted octanol–water partition coefficient (Wildman–Crippen LogP) is 4.57. The van der Waals surface area contributed by atoms with Crippen molar-refractivity contribution in [1.82, 2.24) is 0 Å². The van der Waals surface area contributed by atoms with Crippen molar-refractivity contribution >= 4 is 5.97 Å². The zero-order valence-corrected chi connectivity index (χ0v) is 12.3. The van der Waals surface area contributed by atoms with Crippen LogP contribution in [0.3, 0.4) is 0 Å². The van der Waals surface area contributed by atoms with Crippen molar-refractivity contribution in [3.05, 3.63) is 0 Å². The average molecular weight is 242 g/mol. The molecule has 1 fully saturated rings. The summed E-state index contributed by atoms with van der Waals surface area (Å²) >= 11 is 0. The van der Waals surface area contributed by atoms with E-state index < -0.39 is 0 Å². The van der Waals surface area contributed by atoms with Crippen LogP contribution in [-0.4, -0.2) is 12.1 Å². The van der Waals surface area contributed by atoms with Crippen LogP contribution in [0.5, 0.6) is 0 Å². The SMILES string of the molecule is CC(C)C[C@H](C)C(=O)OC1CCCC1.CCC. The molecule has 1 aliphatic carbocycles. The summed E-state index contributed by atoms with van der Waals surface area (Å²) in [7, 11) is 0. The summed E-state index contributed by atoms with van der Waals surface area (Å²) < 4.78 is 5.44. The summed E-state index contributed by atoms with van der Waals surface area (Å²) in [6, 6.07) is 0. The van der Waals surface area contributed by atoms with Gasteiger partial charge in [-0.05, 0) is 38.0 Å². The number of esters is 1. The molecule has 0 bridgehead atoms. The van der Waals surface area contributed by atoms with Gasteiger partial charge < -0.3 is 4.74 Å². The van der Waals surface area contributed by atoms with Gasteiger partial charge in [-0.15, -0.1) is 0 Å². The number of hydrogen-bond acceptors (Lipinski definition) is 2. The van der Waals surface area contributed by atoms with E-state index in [1.54, 1.807) is 0 Å². The van der Waals surface area contributed by atoms with Gasteiger partial charge in [-0.25, -0.2) is 0 Å². The highest BCUT2D eigenvalue weighted by Gasteiger charge is 2.22. The molecule has 1 saturated carbocycles. The molecule has 0 aliphatic heterocycles. The van der Waals surface area contributed by atoms with Gasteiger partial charge >= 0.3 is 5.97 Å². The Morgan fingerprint density at radius 1 is 1.18 bits per heavy atom. The standard InChI is InChI=1S/C12H22O2.C3H8/c1-9(2)8-10(3)12(13)14-11-6-4-5-7-11;1-3-2/h9-11H,4-8H2,1-3H3;3H2,1-2H3/t10-;/m0./s1. The Morgan fingerprint density at radius 2 is 1.65 bits per heavy atom. The molecule has 0 aromatic heterocycles. The van der Waals surface area contributed by atoms with Gasteiger partial charge in [0.15, 0.2) is 0 Å². The molecule has 1 atom stereocenters. The maximum atomic E-state index is 11.6. The van der Waals surface area contributed by atoms with Gasteiger partial charge in [-0.1, -0.05) is 41.0 Å². The fourth-order valence-electron chi connectivity index (χ4n) is 2.09. The van der Waals surface area contributed by atoms with E-state index in [2.05, 4.69) is 27.7 Å². The van der Waals surface area contributed by atoms with Crippen LogP contribution in [0.15, 0.2) is 0 Å². The summed E-state index contributed by atoms with van der Waals surface area (Å²) in [5, 5.41) is 0. The van der Waals surface area contributed by atoms with E-state index in [1.165, 1.54) is 19.3 Å². The van der Waals surface area contributed by atoms with Crippen molar-refractivity contribution in [1.29, 1.82) is 0 Å². The molecule has 0 unspecified atom stereocenters. The van der Waals surface area contributed by atoms with Crippen LogP contribution in [0.25, 0.3) is 0 Å². The van der Waals surface area contributed by atoms with E-state index in [0.29, 0.717) is 5.92 Å². The van der Waals surface area contributed by atoms with E-state index in [1.807, 2.05) is 6.92 Å². The van der Waals surface area contributed by atoms with E-state index in [-0.39, 0.29) is 18.0 Å². The van der Waals surface area contributed by atoms with Crippen LogP contribution in [0.2, 0.25) is 0 Å². The Bertz CT molecular complexity index is 193. The molecule has 2 heteroatoms. The number of ether oxygens (including phenoxy) is 1. The second-order valence-electron chi connectivity index (χ2n) is 5.58. The third kappa shape index (κ3) is 8.23. The molecule has 0 spiro atoms. The van der Waals surface area contributed by atoms with Gasteiger partial charge in [0.05, 0.1) is 5.92 Å². The molecule has 0 radical (unpaired) electrons. The average Bonchev–Trinajstić information content (AvgIpc) is 2.70. The highest BCUT2D eigenvalue weighted by molar-refractivity contribution is 5.72. The summed E-state index contributed by atoms with van der Waals surface area (Å²) in [6.07, 6.45) is 6.98. The topological polar surface area (TPSA) is 26.3 Å². The van der Waals surface area contributed by atoms with E-state index >= 15 is 0 Å². The highest BCUT2D eigenvalue weighted by atomic mass is 16.5. The minimum Gasteiger partial charge on any atom is -0.462 e. The second-order valence-corrected chi connectivity index (χ2v) is 5.58. The first kappa shape index (κ1) is 16.5. The van der Waals surface area contributed by atoms with E-state index in [4.69, 9.17) is 4.74 Å². The number of hydrogen-bond donors (Lipinski definition) is 0. The van der Waals surface area contributed by atoms with Crippen molar-refractivity contribution in [2.75, 3.05) is 0 Å². The van der Waals surface area contributed by atoms with Crippen LogP contribution in [0, 0.1) is 11.8 Å². The van der Waals surface area contributed by atoms with Crippen molar-refractivity contribution in [2.24, 2.45) is 11.8 Å². The molecule has 0 amide bonds. The molecule has 0 aromatic carbocycles. The third-order valence-corrected chi connectivity index (χ3v) is 2.81. The van der Waals surface area contributed by atoms with Crippen LogP contribution in [-0.2, 0) is 9.53 Å². The van der Waals surface area contributed by atoms with Gasteiger partial charge in [-0.2, -0.15) is 0 Å². The lowest BCUT2D eigenvalue weighted by Gasteiger charge is -2.16. The summed E-state index contributed by atoms with van der Waals surface area (Å²) in [5.74, 6) is 0.641. The molecule has 1 rings (SSSR count). The van der Waals surface area contributed by atoms with Crippen LogP contribution in [0.1, 0.15) is 73.1 Å². The molecule has 0 saturated heterocycles. The normalized spacial score (nSPS) is 17.5. The van der Waals surface area contributed by atoms with Gasteiger partial charge in [0, 0.05) is 0 Å². The number of carbonyl (C=O) groups is 1. The highest BCUT2D eigenvalue weighted by Crippen LogP contribution is 2.23. The van der Waals surface area contributed by atoms with Crippen LogP contribution in [0.4, 0.5) is 0 Å². The van der Waals surface area contributed by atoms with Gasteiger partial charge in [0.25, 0.3) is 0 Å². The quantitative estimate of drug-likeness (QED) is 0.675. The zero-order chi connectivity index (χ0) is 13.3. The molecule has 102 valence electrons. The fourth-order valence-corrected chi connectivity index (χ4v) is 2.09. The lowest BCUT2D eigenvalue weighted by atomic mass is 9.99. The maximum Gasteiger partial charge on any atom is 0.308 e. The van der Waals surface area contributed by atoms with Crippen molar-refractivity contribution < 1.29 is 9.53 Å². The minimum atomic E-state index is 0.00519. The first-order chi connectivity index (χ1) is 8.01. The molecular weight excluding hydrogens is 212 g/mol. The summed E-state index contributed by atoms with van der Waals surface area (Å²) in [6.45, 7) is 10.5. The Balaban J connectivity index is 0.000000770. The maximum absolute atomic E-state index is 11.6.